The zero-order chi connectivity index (χ0) is 28.3. The van der Waals surface area contributed by atoms with Crippen molar-refractivity contribution in [3.63, 3.8) is 0 Å². The largest absolute Gasteiger partial charge is 0.497 e. The van der Waals surface area contributed by atoms with Gasteiger partial charge in [-0.05, 0) is 74.1 Å². The number of nitrogens with zero attached hydrogens (tertiary/aromatic N) is 2. The summed E-state index contributed by atoms with van der Waals surface area (Å²) in [6.07, 6.45) is 3.92. The molecule has 210 valence electrons. The Morgan fingerprint density at radius 2 is 1.63 bits per heavy atom. The molecule has 2 rings (SSSR count). The first-order chi connectivity index (χ1) is 18.0. The number of nitrogens with one attached hydrogen (secondary N) is 1. The lowest BCUT2D eigenvalue weighted by Gasteiger charge is -2.31. The number of hydrogen-bond donors (Lipinski definition) is 1. The number of methoxy groups -OCH3 is 1. The van der Waals surface area contributed by atoms with Crippen LogP contribution in [0.3, 0.4) is 0 Å². The first-order valence-electron chi connectivity index (χ1n) is 13.3. The van der Waals surface area contributed by atoms with Gasteiger partial charge in [0.25, 0.3) is 0 Å². The fraction of sp³-hybridized carbons (Fsp3) is 0.517. The standard InChI is InChI=1S/C29H43N3O5S/c1-7-9-16-30-29(34)27(8-2)31(21-24-12-14-26(37-5)15-13-24)28(33)11-10-17-32(38(6,35)36)25-19-22(3)18-23(4)20-25/h12-15,18-20,27H,7-11,16-17,21H2,1-6H3,(H,30,34)/t27-/m0/s1. The third kappa shape index (κ3) is 9.35. The third-order valence-electron chi connectivity index (χ3n) is 6.37. The Bertz CT molecular complexity index is 1140. The van der Waals surface area contributed by atoms with Crippen LogP contribution < -0.4 is 14.4 Å². The smallest absolute Gasteiger partial charge is 0.242 e. The molecule has 2 amide bonds. The number of carbonyl (C=O) groups is 2. The van der Waals surface area contributed by atoms with Gasteiger partial charge in [-0.2, -0.15) is 0 Å². The Morgan fingerprint density at radius 3 is 2.16 bits per heavy atom. The Morgan fingerprint density at radius 1 is 1.00 bits per heavy atom. The molecule has 38 heavy (non-hydrogen) atoms. The molecule has 0 bridgehead atoms. The summed E-state index contributed by atoms with van der Waals surface area (Å²) < 4.78 is 31.8. The number of carbonyl (C=O) groups excluding carboxylic acids is 2. The summed E-state index contributed by atoms with van der Waals surface area (Å²) in [5.41, 5.74) is 3.41. The lowest BCUT2D eigenvalue weighted by atomic mass is 10.1. The van der Waals surface area contributed by atoms with Crippen LogP contribution >= 0.6 is 0 Å². The number of unbranched alkanes of at least 4 members (excludes halogenated alkanes) is 1. The lowest BCUT2D eigenvalue weighted by molar-refractivity contribution is -0.141. The Labute approximate surface area is 228 Å². The maximum absolute atomic E-state index is 13.5. The summed E-state index contributed by atoms with van der Waals surface area (Å²) in [4.78, 5) is 28.2. The van der Waals surface area contributed by atoms with Gasteiger partial charge >= 0.3 is 0 Å². The SMILES string of the molecule is CCCCNC(=O)[C@H](CC)N(Cc1ccc(OC)cc1)C(=O)CCCN(c1cc(C)cc(C)c1)S(C)(=O)=O. The van der Waals surface area contributed by atoms with E-state index in [1.165, 1.54) is 10.6 Å². The number of anilines is 1. The predicted molar refractivity (Wildman–Crippen MR) is 153 cm³/mol. The molecular formula is C29H43N3O5S. The molecule has 0 heterocycles. The van der Waals surface area contributed by atoms with E-state index in [0.29, 0.717) is 30.8 Å². The molecular weight excluding hydrogens is 502 g/mol. The van der Waals surface area contributed by atoms with E-state index < -0.39 is 16.1 Å². The second kappa shape index (κ2) is 14.8. The average molecular weight is 546 g/mol. The van der Waals surface area contributed by atoms with Crippen molar-refractivity contribution < 1.29 is 22.7 Å². The number of benzene rings is 2. The third-order valence-corrected chi connectivity index (χ3v) is 7.57. The fourth-order valence-corrected chi connectivity index (χ4v) is 5.40. The van der Waals surface area contributed by atoms with Crippen molar-refractivity contribution in [3.8, 4) is 5.75 Å². The number of amides is 2. The highest BCUT2D eigenvalue weighted by molar-refractivity contribution is 7.92. The van der Waals surface area contributed by atoms with Crippen LogP contribution in [-0.2, 0) is 26.2 Å². The molecule has 8 nitrogen and oxygen atoms in total. The normalized spacial score (nSPS) is 12.1. The van der Waals surface area contributed by atoms with Gasteiger partial charge in [0.15, 0.2) is 0 Å². The van der Waals surface area contributed by atoms with Crippen LogP contribution in [-0.4, -0.2) is 57.6 Å². The lowest BCUT2D eigenvalue weighted by Crippen LogP contribution is -2.49. The van der Waals surface area contributed by atoms with Gasteiger partial charge in [0.05, 0.1) is 19.1 Å². The maximum atomic E-state index is 13.5. The van der Waals surface area contributed by atoms with E-state index in [1.807, 2.05) is 63.2 Å². The number of hydrogen-bond acceptors (Lipinski definition) is 5. The van der Waals surface area contributed by atoms with E-state index in [-0.39, 0.29) is 31.3 Å². The minimum absolute atomic E-state index is 0.117. The van der Waals surface area contributed by atoms with Gasteiger partial charge in [0, 0.05) is 26.1 Å². The van der Waals surface area contributed by atoms with E-state index >= 15 is 0 Å². The molecule has 0 unspecified atom stereocenters. The molecule has 2 aromatic rings. The van der Waals surface area contributed by atoms with Gasteiger partial charge in [-0.3, -0.25) is 13.9 Å². The maximum Gasteiger partial charge on any atom is 0.242 e. The van der Waals surface area contributed by atoms with E-state index in [4.69, 9.17) is 4.74 Å². The van der Waals surface area contributed by atoms with Crippen molar-refractivity contribution in [2.24, 2.45) is 0 Å². The summed E-state index contributed by atoms with van der Waals surface area (Å²) in [7, 11) is -1.95. The number of ether oxygens (including phenoxy) is 1. The molecule has 1 N–H and O–H groups in total. The number of sulfonamides is 1. The van der Waals surface area contributed by atoms with E-state index in [1.54, 1.807) is 12.0 Å². The minimum atomic E-state index is -3.54. The molecule has 0 aromatic heterocycles. The Hall–Kier alpha value is -3.07. The summed E-state index contributed by atoms with van der Waals surface area (Å²) in [5.74, 6) is 0.353. The molecule has 2 aromatic carbocycles. The van der Waals surface area contributed by atoms with Crippen molar-refractivity contribution >= 4 is 27.5 Å². The van der Waals surface area contributed by atoms with Gasteiger partial charge in [0.1, 0.15) is 11.8 Å². The molecule has 0 aliphatic rings. The highest BCUT2D eigenvalue weighted by atomic mass is 32.2. The summed E-state index contributed by atoms with van der Waals surface area (Å²) in [6.45, 7) is 8.81. The first kappa shape index (κ1) is 31.1. The van der Waals surface area contributed by atoms with Gasteiger partial charge in [-0.25, -0.2) is 8.42 Å². The first-order valence-corrected chi connectivity index (χ1v) is 15.1. The molecule has 0 saturated heterocycles. The molecule has 0 spiro atoms. The van der Waals surface area contributed by atoms with Crippen molar-refractivity contribution in [2.45, 2.75) is 72.4 Å². The van der Waals surface area contributed by atoms with E-state index in [0.717, 1.165) is 29.5 Å². The molecule has 0 fully saturated rings. The van der Waals surface area contributed by atoms with Crippen molar-refractivity contribution in [3.05, 3.63) is 59.2 Å². The number of rotatable bonds is 15. The molecule has 0 radical (unpaired) electrons. The topological polar surface area (TPSA) is 96.0 Å². The van der Waals surface area contributed by atoms with Gasteiger partial charge in [0.2, 0.25) is 21.8 Å². The highest BCUT2D eigenvalue weighted by Crippen LogP contribution is 2.23. The highest BCUT2D eigenvalue weighted by Gasteiger charge is 2.28. The second-order valence-electron chi connectivity index (χ2n) is 9.72. The number of aryl methyl sites for hydroxylation is 2. The van der Waals surface area contributed by atoms with Crippen LogP contribution in [0.15, 0.2) is 42.5 Å². The zero-order valence-electron chi connectivity index (χ0n) is 23.6. The van der Waals surface area contributed by atoms with E-state index in [9.17, 15) is 18.0 Å². The monoisotopic (exact) mass is 545 g/mol. The summed E-state index contributed by atoms with van der Waals surface area (Å²) in [6, 6.07) is 12.5. The second-order valence-corrected chi connectivity index (χ2v) is 11.6. The van der Waals surface area contributed by atoms with Crippen molar-refractivity contribution in [1.82, 2.24) is 10.2 Å². The summed E-state index contributed by atoms with van der Waals surface area (Å²) in [5, 5.41) is 2.96. The van der Waals surface area contributed by atoms with Gasteiger partial charge in [-0.15, -0.1) is 0 Å². The molecule has 0 aliphatic carbocycles. The van der Waals surface area contributed by atoms with Crippen LogP contribution in [0.1, 0.15) is 62.6 Å². The Kier molecular flexibility index (Phi) is 12.1. The van der Waals surface area contributed by atoms with Crippen LogP contribution in [0.4, 0.5) is 5.69 Å². The van der Waals surface area contributed by atoms with Gasteiger partial charge < -0.3 is 15.0 Å². The molecule has 9 heteroatoms. The average Bonchev–Trinajstić information content (AvgIpc) is 2.85. The molecule has 0 saturated carbocycles. The van der Waals surface area contributed by atoms with Gasteiger partial charge in [-0.1, -0.05) is 38.5 Å². The van der Waals surface area contributed by atoms with Crippen LogP contribution in [0.2, 0.25) is 0 Å². The van der Waals surface area contributed by atoms with Crippen LogP contribution in [0.5, 0.6) is 5.75 Å². The van der Waals surface area contributed by atoms with Crippen LogP contribution in [0, 0.1) is 13.8 Å². The van der Waals surface area contributed by atoms with Crippen molar-refractivity contribution in [1.29, 1.82) is 0 Å². The molecule has 0 aliphatic heterocycles. The quantitative estimate of drug-likeness (QED) is 0.331. The van der Waals surface area contributed by atoms with Crippen molar-refractivity contribution in [2.75, 3.05) is 30.8 Å². The minimum Gasteiger partial charge on any atom is -0.497 e. The molecule has 1 atom stereocenters. The predicted octanol–water partition coefficient (Wildman–Crippen LogP) is 4.58. The van der Waals surface area contributed by atoms with Crippen LogP contribution in [0.25, 0.3) is 0 Å². The van der Waals surface area contributed by atoms with E-state index in [2.05, 4.69) is 12.2 Å². The zero-order valence-corrected chi connectivity index (χ0v) is 24.4. The summed E-state index contributed by atoms with van der Waals surface area (Å²) >= 11 is 0. The Balaban J connectivity index is 2.22. The fourth-order valence-electron chi connectivity index (χ4n) is 4.45.